The first kappa shape index (κ1) is 19.5. The second-order valence-electron chi connectivity index (χ2n) is 6.21. The van der Waals surface area contributed by atoms with Crippen LogP contribution in [0.4, 0.5) is 4.39 Å². The van der Waals surface area contributed by atoms with E-state index in [1.807, 2.05) is 37.3 Å². The molecular formula is C21H17BrClFN2O. The Morgan fingerprint density at radius 1 is 1.19 bits per heavy atom. The van der Waals surface area contributed by atoms with Crippen molar-refractivity contribution in [3.63, 3.8) is 0 Å². The van der Waals surface area contributed by atoms with Gasteiger partial charge in [-0.15, -0.1) is 0 Å². The minimum atomic E-state index is -0.390. The lowest BCUT2D eigenvalue weighted by Crippen LogP contribution is -2.12. The highest BCUT2D eigenvalue weighted by atomic mass is 79.9. The second-order valence-corrected chi connectivity index (χ2v) is 7.56. The van der Waals surface area contributed by atoms with E-state index in [9.17, 15) is 9.60 Å². The van der Waals surface area contributed by atoms with Crippen molar-refractivity contribution in [2.45, 2.75) is 19.3 Å². The molecule has 0 aliphatic carbocycles. The Morgan fingerprint density at radius 2 is 1.93 bits per heavy atom. The molecule has 0 saturated heterocycles. The fraction of sp³-hybridized carbons (Fsp3) is 0.143. The molecule has 3 rings (SSSR count). The van der Waals surface area contributed by atoms with Crippen LogP contribution in [0.15, 0.2) is 70.4 Å². The van der Waals surface area contributed by atoms with Gasteiger partial charge in [0.15, 0.2) is 0 Å². The van der Waals surface area contributed by atoms with Gasteiger partial charge < -0.3 is 5.21 Å². The van der Waals surface area contributed by atoms with Crippen molar-refractivity contribution in [1.82, 2.24) is 4.98 Å². The van der Waals surface area contributed by atoms with Gasteiger partial charge in [-0.05, 0) is 54.4 Å². The van der Waals surface area contributed by atoms with E-state index in [4.69, 9.17) is 11.6 Å². The average Bonchev–Trinajstić information content (AvgIpc) is 2.64. The summed E-state index contributed by atoms with van der Waals surface area (Å²) in [5, 5.41) is 13.4. The number of pyridine rings is 1. The van der Waals surface area contributed by atoms with Gasteiger partial charge in [0.2, 0.25) is 0 Å². The van der Waals surface area contributed by atoms with Crippen LogP contribution in [0.1, 0.15) is 34.7 Å². The molecule has 6 heteroatoms. The van der Waals surface area contributed by atoms with Crippen molar-refractivity contribution < 1.29 is 9.60 Å². The Morgan fingerprint density at radius 3 is 2.56 bits per heavy atom. The molecular weight excluding hydrogens is 431 g/mol. The maximum absolute atomic E-state index is 14.7. The Labute approximate surface area is 170 Å². The number of hydrogen-bond donors (Lipinski definition) is 1. The number of aryl methyl sites for hydroxylation is 1. The van der Waals surface area contributed by atoms with Crippen LogP contribution >= 0.6 is 27.5 Å². The number of hydrogen-bond acceptors (Lipinski definition) is 3. The molecule has 2 aromatic carbocycles. The third-order valence-electron chi connectivity index (χ3n) is 4.36. The number of rotatable bonds is 5. The molecule has 0 saturated carbocycles. The topological polar surface area (TPSA) is 45.5 Å². The summed E-state index contributed by atoms with van der Waals surface area (Å²) >= 11 is 9.34. The maximum Gasteiger partial charge on any atom is 0.128 e. The number of oxime groups is 1. The molecule has 1 aromatic heterocycles. The van der Waals surface area contributed by atoms with E-state index in [2.05, 4.69) is 26.1 Å². The molecule has 1 unspecified atom stereocenters. The summed E-state index contributed by atoms with van der Waals surface area (Å²) in [5.41, 5.74) is 3.43. The largest absolute Gasteiger partial charge is 0.411 e. The lowest BCUT2D eigenvalue weighted by Gasteiger charge is -2.20. The van der Waals surface area contributed by atoms with Crippen LogP contribution in [0.5, 0.6) is 0 Å². The first-order valence-electron chi connectivity index (χ1n) is 8.32. The zero-order chi connectivity index (χ0) is 19.4. The molecule has 3 nitrogen and oxygen atoms in total. The van der Waals surface area contributed by atoms with E-state index in [0.717, 1.165) is 21.3 Å². The van der Waals surface area contributed by atoms with Gasteiger partial charge in [0.05, 0.1) is 5.71 Å². The van der Waals surface area contributed by atoms with Crippen molar-refractivity contribution in [2.24, 2.45) is 5.16 Å². The Bertz CT molecular complexity index is 976. The van der Waals surface area contributed by atoms with Gasteiger partial charge in [-0.3, -0.25) is 4.98 Å². The predicted octanol–water partition coefficient (Wildman–Crippen LogP) is 6.35. The van der Waals surface area contributed by atoms with Gasteiger partial charge in [0, 0.05) is 39.3 Å². The molecule has 0 bridgehead atoms. The minimum Gasteiger partial charge on any atom is -0.411 e. The molecule has 27 heavy (non-hydrogen) atoms. The molecule has 0 aliphatic rings. The summed E-state index contributed by atoms with van der Waals surface area (Å²) in [5.74, 6) is -0.728. The average molecular weight is 448 g/mol. The Hall–Kier alpha value is -2.24. The summed E-state index contributed by atoms with van der Waals surface area (Å²) in [4.78, 5) is 4.17. The van der Waals surface area contributed by atoms with E-state index < -0.39 is 5.82 Å². The molecule has 0 fully saturated rings. The lowest BCUT2D eigenvalue weighted by atomic mass is 9.85. The third kappa shape index (κ3) is 4.73. The quantitative estimate of drug-likeness (QED) is 0.281. The first-order valence-corrected chi connectivity index (χ1v) is 9.49. The highest BCUT2D eigenvalue weighted by Gasteiger charge is 2.22. The van der Waals surface area contributed by atoms with E-state index in [-0.39, 0.29) is 5.92 Å². The SMILES string of the molecule is Cc1cc(/C(CC(c2ccc(Br)cc2)c2ccc(Cl)cc2F)=N/O)ccn1. The van der Waals surface area contributed by atoms with Crippen molar-refractivity contribution >= 4 is 33.2 Å². The molecule has 0 amide bonds. The van der Waals surface area contributed by atoms with Crippen LogP contribution in [-0.4, -0.2) is 15.9 Å². The summed E-state index contributed by atoms with van der Waals surface area (Å²) in [7, 11) is 0. The molecule has 1 N–H and O–H groups in total. The monoisotopic (exact) mass is 446 g/mol. The molecule has 1 heterocycles. The summed E-state index contributed by atoms with van der Waals surface area (Å²) in [6, 6.07) is 15.9. The van der Waals surface area contributed by atoms with E-state index in [1.165, 1.54) is 6.07 Å². The van der Waals surface area contributed by atoms with Crippen molar-refractivity contribution in [1.29, 1.82) is 0 Å². The molecule has 1 atom stereocenters. The Balaban J connectivity index is 2.05. The smallest absolute Gasteiger partial charge is 0.128 e. The van der Waals surface area contributed by atoms with Gasteiger partial charge in [0.25, 0.3) is 0 Å². The van der Waals surface area contributed by atoms with Crippen LogP contribution < -0.4 is 0 Å². The summed E-state index contributed by atoms with van der Waals surface area (Å²) in [6.45, 7) is 1.86. The van der Waals surface area contributed by atoms with Crippen molar-refractivity contribution in [3.8, 4) is 0 Å². The molecule has 0 radical (unpaired) electrons. The van der Waals surface area contributed by atoms with Gasteiger partial charge in [-0.25, -0.2) is 4.39 Å². The lowest BCUT2D eigenvalue weighted by molar-refractivity contribution is 0.317. The second kappa shape index (κ2) is 8.63. The number of benzene rings is 2. The van der Waals surface area contributed by atoms with E-state index in [0.29, 0.717) is 22.7 Å². The third-order valence-corrected chi connectivity index (χ3v) is 5.12. The summed E-state index contributed by atoms with van der Waals surface area (Å²) in [6.07, 6.45) is 1.98. The molecule has 0 aliphatic heterocycles. The van der Waals surface area contributed by atoms with Crippen molar-refractivity contribution in [3.05, 3.63) is 98.5 Å². The van der Waals surface area contributed by atoms with Crippen LogP contribution in [0.3, 0.4) is 0 Å². The minimum absolute atomic E-state index is 0.320. The zero-order valence-corrected chi connectivity index (χ0v) is 16.9. The first-order chi connectivity index (χ1) is 13.0. The fourth-order valence-corrected chi connectivity index (χ4v) is 3.44. The van der Waals surface area contributed by atoms with Crippen LogP contribution in [-0.2, 0) is 0 Å². The molecule has 138 valence electrons. The van der Waals surface area contributed by atoms with Crippen LogP contribution in [0.2, 0.25) is 5.02 Å². The highest BCUT2D eigenvalue weighted by Crippen LogP contribution is 2.33. The van der Waals surface area contributed by atoms with Crippen LogP contribution in [0.25, 0.3) is 0 Å². The normalized spacial score (nSPS) is 12.8. The summed E-state index contributed by atoms with van der Waals surface area (Å²) < 4.78 is 15.6. The van der Waals surface area contributed by atoms with Gasteiger partial charge in [-0.2, -0.15) is 0 Å². The number of nitrogens with zero attached hydrogens (tertiary/aromatic N) is 2. The molecule has 0 spiro atoms. The van der Waals surface area contributed by atoms with Crippen LogP contribution in [0, 0.1) is 12.7 Å². The Kier molecular flexibility index (Phi) is 6.24. The standard InChI is InChI=1S/C21H17BrClFN2O/c1-13-10-15(8-9-25-13)21(26-27)12-19(14-2-4-16(22)5-3-14)18-7-6-17(23)11-20(18)24/h2-11,19,27H,12H2,1H3/b26-21+. The van der Waals surface area contributed by atoms with Gasteiger partial charge >= 0.3 is 0 Å². The maximum atomic E-state index is 14.7. The molecule has 3 aromatic rings. The fourth-order valence-electron chi connectivity index (χ4n) is 3.02. The highest BCUT2D eigenvalue weighted by molar-refractivity contribution is 9.10. The zero-order valence-electron chi connectivity index (χ0n) is 14.5. The number of halogens is 3. The van der Waals surface area contributed by atoms with Gasteiger partial charge in [-0.1, -0.05) is 50.9 Å². The van der Waals surface area contributed by atoms with E-state index >= 15 is 0 Å². The van der Waals surface area contributed by atoms with Gasteiger partial charge in [0.1, 0.15) is 5.82 Å². The van der Waals surface area contributed by atoms with E-state index in [1.54, 1.807) is 24.4 Å². The van der Waals surface area contributed by atoms with Crippen molar-refractivity contribution in [2.75, 3.05) is 0 Å². The predicted molar refractivity (Wildman–Crippen MR) is 109 cm³/mol. The number of aromatic nitrogens is 1.